The highest BCUT2D eigenvalue weighted by molar-refractivity contribution is 6.36. The van der Waals surface area contributed by atoms with E-state index in [2.05, 4.69) is 4.98 Å². The molecule has 0 saturated heterocycles. The van der Waals surface area contributed by atoms with Crippen LogP contribution in [-0.4, -0.2) is 29.7 Å². The molecular weight excluding hydrogens is 332 g/mol. The van der Waals surface area contributed by atoms with Crippen molar-refractivity contribution in [2.45, 2.75) is 32.6 Å². The highest BCUT2D eigenvalue weighted by Gasteiger charge is 2.31. The van der Waals surface area contributed by atoms with Gasteiger partial charge in [-0.05, 0) is 32.8 Å². The van der Waals surface area contributed by atoms with E-state index < -0.39 is 0 Å². The number of nitrogens with zero attached hydrogens (tertiary/aromatic N) is 2. The molecule has 0 aliphatic heterocycles. The number of benzene rings is 1. The molecule has 0 bridgehead atoms. The van der Waals surface area contributed by atoms with Gasteiger partial charge in [0, 0.05) is 27.6 Å². The quantitative estimate of drug-likeness (QED) is 0.581. The van der Waals surface area contributed by atoms with E-state index in [9.17, 15) is 10.1 Å². The molecule has 0 radical (unpaired) electrons. The first-order chi connectivity index (χ1) is 11.5. The summed E-state index contributed by atoms with van der Waals surface area (Å²) in [6, 6.07) is 3.65. The van der Waals surface area contributed by atoms with Crippen LogP contribution in [0, 0.1) is 10.1 Å². The van der Waals surface area contributed by atoms with Gasteiger partial charge in [-0.25, -0.2) is 0 Å². The lowest BCUT2D eigenvalue weighted by Crippen LogP contribution is -2.10. The van der Waals surface area contributed by atoms with E-state index in [0.29, 0.717) is 42.6 Å². The van der Waals surface area contributed by atoms with E-state index in [4.69, 9.17) is 21.1 Å². The van der Waals surface area contributed by atoms with Gasteiger partial charge >= 0.3 is 0 Å². The van der Waals surface area contributed by atoms with Crippen molar-refractivity contribution in [1.82, 2.24) is 4.98 Å². The van der Waals surface area contributed by atoms with Crippen molar-refractivity contribution in [1.29, 1.82) is 0 Å². The van der Waals surface area contributed by atoms with Crippen LogP contribution in [0.1, 0.15) is 37.4 Å². The predicted octanol–water partition coefficient (Wildman–Crippen LogP) is 3.99. The lowest BCUT2D eigenvalue weighted by atomic mass is 10.0. The van der Waals surface area contributed by atoms with Crippen LogP contribution in [-0.2, 0) is 6.42 Å². The van der Waals surface area contributed by atoms with Crippen LogP contribution in [0.15, 0.2) is 12.1 Å². The van der Waals surface area contributed by atoms with E-state index in [1.54, 1.807) is 0 Å². The topological polar surface area (TPSA) is 74.5 Å². The molecule has 0 amide bonds. The molecule has 7 heteroatoms. The lowest BCUT2D eigenvalue weighted by Gasteiger charge is -2.15. The zero-order chi connectivity index (χ0) is 17.3. The summed E-state index contributed by atoms with van der Waals surface area (Å²) >= 11 is 6.61. The number of aryl methyl sites for hydroxylation is 1. The Balaban J connectivity index is 2.15. The van der Waals surface area contributed by atoms with E-state index in [-0.39, 0.29) is 17.4 Å². The standard InChI is InChI=1S/C17H19ClN2O4/c1-3-23-14-7-11-13(8-15(14)24-4-2)19-12-6-5-10(9-20(21)22)16(12)17(11)18/h7-8,10H,3-6,9H2,1-2H3/t10-/m0/s1. The molecular formula is C17H19ClN2O4. The van der Waals surface area contributed by atoms with Gasteiger partial charge in [-0.15, -0.1) is 0 Å². The van der Waals surface area contributed by atoms with Gasteiger partial charge in [-0.2, -0.15) is 0 Å². The van der Waals surface area contributed by atoms with Crippen molar-refractivity contribution >= 4 is 22.5 Å². The van der Waals surface area contributed by atoms with Gasteiger partial charge in [0.25, 0.3) is 0 Å². The summed E-state index contributed by atoms with van der Waals surface area (Å²) in [7, 11) is 0. The fraction of sp³-hybridized carbons (Fsp3) is 0.471. The van der Waals surface area contributed by atoms with Crippen molar-refractivity contribution < 1.29 is 14.4 Å². The fourth-order valence-electron chi connectivity index (χ4n) is 3.25. The Morgan fingerprint density at radius 1 is 1.29 bits per heavy atom. The minimum Gasteiger partial charge on any atom is -0.490 e. The number of pyridine rings is 1. The molecule has 1 aromatic carbocycles. The summed E-state index contributed by atoms with van der Waals surface area (Å²) in [5.41, 5.74) is 2.39. The number of hydrogen-bond donors (Lipinski definition) is 0. The molecule has 128 valence electrons. The maximum Gasteiger partial charge on any atom is 0.210 e. The van der Waals surface area contributed by atoms with Crippen molar-refractivity contribution in [3.63, 3.8) is 0 Å². The molecule has 0 fully saturated rings. The summed E-state index contributed by atoms with van der Waals surface area (Å²) < 4.78 is 11.3. The molecule has 1 aliphatic carbocycles. The van der Waals surface area contributed by atoms with E-state index in [1.165, 1.54) is 0 Å². The Hall–Kier alpha value is -2.08. The average Bonchev–Trinajstić information content (AvgIpc) is 2.91. The van der Waals surface area contributed by atoms with Crippen LogP contribution in [0.25, 0.3) is 10.9 Å². The van der Waals surface area contributed by atoms with Gasteiger partial charge in [-0.3, -0.25) is 15.1 Å². The molecule has 24 heavy (non-hydrogen) atoms. The zero-order valence-electron chi connectivity index (χ0n) is 13.7. The zero-order valence-corrected chi connectivity index (χ0v) is 14.4. The molecule has 0 N–H and O–H groups in total. The van der Waals surface area contributed by atoms with Crippen LogP contribution in [0.5, 0.6) is 11.5 Å². The Bertz CT molecular complexity index is 794. The van der Waals surface area contributed by atoms with Crippen LogP contribution in [0.2, 0.25) is 5.02 Å². The second kappa shape index (κ2) is 6.81. The third kappa shape index (κ3) is 2.98. The second-order valence-corrected chi connectivity index (χ2v) is 6.10. The van der Waals surface area contributed by atoms with Crippen LogP contribution in [0.4, 0.5) is 0 Å². The molecule has 1 atom stereocenters. The maximum absolute atomic E-state index is 10.9. The number of ether oxygens (including phenoxy) is 2. The van der Waals surface area contributed by atoms with Gasteiger partial charge in [0.05, 0.1) is 29.7 Å². The smallest absolute Gasteiger partial charge is 0.210 e. The van der Waals surface area contributed by atoms with Crippen molar-refractivity contribution in [2.75, 3.05) is 19.8 Å². The number of fused-ring (bicyclic) bond motifs is 2. The monoisotopic (exact) mass is 350 g/mol. The summed E-state index contributed by atoms with van der Waals surface area (Å²) in [5, 5.41) is 12.2. The molecule has 1 heterocycles. The molecule has 1 aliphatic rings. The second-order valence-electron chi connectivity index (χ2n) is 5.72. The molecule has 1 aromatic heterocycles. The molecule has 0 saturated carbocycles. The van der Waals surface area contributed by atoms with Gasteiger partial charge in [0.2, 0.25) is 6.54 Å². The number of nitro groups is 1. The van der Waals surface area contributed by atoms with Crippen molar-refractivity contribution in [2.24, 2.45) is 0 Å². The van der Waals surface area contributed by atoms with Crippen LogP contribution < -0.4 is 9.47 Å². The van der Waals surface area contributed by atoms with Gasteiger partial charge in [0.1, 0.15) is 0 Å². The van der Waals surface area contributed by atoms with E-state index in [0.717, 1.165) is 22.2 Å². The normalized spacial score (nSPS) is 16.2. The molecule has 0 spiro atoms. The molecule has 6 nitrogen and oxygen atoms in total. The molecule has 2 aromatic rings. The highest BCUT2D eigenvalue weighted by atomic mass is 35.5. The average molecular weight is 351 g/mol. The Morgan fingerprint density at radius 3 is 2.58 bits per heavy atom. The van der Waals surface area contributed by atoms with Crippen molar-refractivity contribution in [3.05, 3.63) is 38.5 Å². The van der Waals surface area contributed by atoms with E-state index >= 15 is 0 Å². The van der Waals surface area contributed by atoms with Gasteiger partial charge in [0.15, 0.2) is 11.5 Å². The summed E-state index contributed by atoms with van der Waals surface area (Å²) in [5.74, 6) is 1.07. The summed E-state index contributed by atoms with van der Waals surface area (Å²) in [4.78, 5) is 15.3. The van der Waals surface area contributed by atoms with Gasteiger partial charge in [-0.1, -0.05) is 11.6 Å². The molecule has 3 rings (SSSR count). The Labute approximate surface area is 144 Å². The maximum atomic E-state index is 10.9. The number of halogens is 1. The Kier molecular flexibility index (Phi) is 4.76. The number of aromatic nitrogens is 1. The van der Waals surface area contributed by atoms with Crippen LogP contribution in [0.3, 0.4) is 0 Å². The minimum atomic E-state index is -0.288. The first kappa shape index (κ1) is 16.8. The Morgan fingerprint density at radius 2 is 1.96 bits per heavy atom. The fourth-order valence-corrected chi connectivity index (χ4v) is 3.67. The van der Waals surface area contributed by atoms with Crippen molar-refractivity contribution in [3.8, 4) is 11.5 Å². The third-order valence-corrected chi connectivity index (χ3v) is 4.62. The highest BCUT2D eigenvalue weighted by Crippen LogP contribution is 2.43. The first-order valence-corrected chi connectivity index (χ1v) is 8.46. The first-order valence-electron chi connectivity index (χ1n) is 8.08. The largest absolute Gasteiger partial charge is 0.490 e. The van der Waals surface area contributed by atoms with Gasteiger partial charge < -0.3 is 9.47 Å². The SMILES string of the molecule is CCOc1cc2nc3c(c(Cl)c2cc1OCC)[C@H](C[N+](=O)[O-])CC3. The van der Waals surface area contributed by atoms with Crippen LogP contribution >= 0.6 is 11.6 Å². The van der Waals surface area contributed by atoms with E-state index in [1.807, 2.05) is 26.0 Å². The summed E-state index contributed by atoms with van der Waals surface area (Å²) in [6.45, 7) is 4.72. The third-order valence-electron chi connectivity index (χ3n) is 4.21. The number of hydrogen-bond acceptors (Lipinski definition) is 5. The minimum absolute atomic E-state index is 0.116. The predicted molar refractivity (Wildman–Crippen MR) is 92.0 cm³/mol. The number of rotatable bonds is 6. The lowest BCUT2D eigenvalue weighted by molar-refractivity contribution is -0.483. The molecule has 0 unspecified atom stereocenters. The summed E-state index contributed by atoms with van der Waals surface area (Å²) in [6.07, 6.45) is 1.41.